The second-order valence-electron chi connectivity index (χ2n) is 3.21. The van der Waals surface area contributed by atoms with E-state index < -0.39 is 0 Å². The van der Waals surface area contributed by atoms with Crippen molar-refractivity contribution < 1.29 is 4.79 Å². The molecule has 0 saturated carbocycles. The maximum atomic E-state index is 11.9. The van der Waals surface area contributed by atoms with Crippen LogP contribution in [0.5, 0.6) is 0 Å². The van der Waals surface area contributed by atoms with Gasteiger partial charge in [-0.05, 0) is 32.0 Å². The van der Waals surface area contributed by atoms with E-state index in [0.29, 0.717) is 29.4 Å². The lowest BCUT2D eigenvalue weighted by molar-refractivity contribution is 0.0773. The molecule has 0 atom stereocenters. The molecule has 15 heavy (non-hydrogen) atoms. The third-order valence-corrected chi connectivity index (χ3v) is 2.64. The topological polar surface area (TPSA) is 46.3 Å². The van der Waals surface area contributed by atoms with Gasteiger partial charge in [0.05, 0.1) is 10.7 Å². The first-order valence-electron chi connectivity index (χ1n) is 4.94. The first-order chi connectivity index (χ1) is 7.10. The van der Waals surface area contributed by atoms with Crippen LogP contribution < -0.4 is 5.73 Å². The number of nitrogens with two attached hydrogens (primary N) is 1. The van der Waals surface area contributed by atoms with E-state index >= 15 is 0 Å². The molecule has 1 rings (SSSR count). The Morgan fingerprint density at radius 1 is 1.40 bits per heavy atom. The van der Waals surface area contributed by atoms with Crippen LogP contribution in [0.2, 0.25) is 5.02 Å². The molecule has 0 aliphatic heterocycles. The number of carbonyl (C=O) groups is 1. The molecule has 1 aromatic carbocycles. The Labute approximate surface area is 94.8 Å². The third kappa shape index (κ3) is 2.63. The van der Waals surface area contributed by atoms with Crippen LogP contribution >= 0.6 is 11.6 Å². The smallest absolute Gasteiger partial charge is 0.253 e. The largest absolute Gasteiger partial charge is 0.398 e. The molecule has 0 saturated heterocycles. The van der Waals surface area contributed by atoms with Crippen LogP contribution in [0, 0.1) is 0 Å². The number of amides is 1. The van der Waals surface area contributed by atoms with Gasteiger partial charge in [-0.25, -0.2) is 0 Å². The van der Waals surface area contributed by atoms with E-state index in [0.717, 1.165) is 0 Å². The summed E-state index contributed by atoms with van der Waals surface area (Å²) in [7, 11) is 0. The molecule has 0 heterocycles. The van der Waals surface area contributed by atoms with Gasteiger partial charge in [-0.15, -0.1) is 0 Å². The Balaban J connectivity index is 2.96. The maximum absolute atomic E-state index is 11.9. The molecule has 0 bridgehead atoms. The average molecular weight is 227 g/mol. The number of nitrogens with zero attached hydrogens (tertiary/aromatic N) is 1. The van der Waals surface area contributed by atoms with Crippen molar-refractivity contribution in [1.29, 1.82) is 0 Å². The SMILES string of the molecule is CCN(CC)C(=O)c1ccc(Cl)c(N)c1. The normalized spacial score (nSPS) is 10.1. The summed E-state index contributed by atoms with van der Waals surface area (Å²) in [5.41, 5.74) is 6.66. The van der Waals surface area contributed by atoms with Crippen molar-refractivity contribution in [2.24, 2.45) is 0 Å². The Kier molecular flexibility index (Phi) is 3.97. The molecule has 0 fully saturated rings. The molecule has 1 aromatic rings. The molecule has 0 aliphatic rings. The molecular weight excluding hydrogens is 212 g/mol. The summed E-state index contributed by atoms with van der Waals surface area (Å²) >= 11 is 5.78. The summed E-state index contributed by atoms with van der Waals surface area (Å²) in [5.74, 6) is -0.0108. The summed E-state index contributed by atoms with van der Waals surface area (Å²) in [4.78, 5) is 13.6. The third-order valence-electron chi connectivity index (χ3n) is 2.29. The second-order valence-corrected chi connectivity index (χ2v) is 3.62. The number of halogens is 1. The predicted octanol–water partition coefficient (Wildman–Crippen LogP) is 2.40. The van der Waals surface area contributed by atoms with Gasteiger partial charge in [0.15, 0.2) is 0 Å². The van der Waals surface area contributed by atoms with E-state index in [1.54, 1.807) is 23.1 Å². The Morgan fingerprint density at radius 2 is 2.00 bits per heavy atom. The molecule has 2 N–H and O–H groups in total. The van der Waals surface area contributed by atoms with Crippen molar-refractivity contribution in [3.8, 4) is 0 Å². The minimum absolute atomic E-state index is 0.0108. The summed E-state index contributed by atoms with van der Waals surface area (Å²) in [5, 5.41) is 0.478. The number of rotatable bonds is 3. The molecule has 4 heteroatoms. The minimum Gasteiger partial charge on any atom is -0.398 e. The lowest BCUT2D eigenvalue weighted by Gasteiger charge is -2.18. The first-order valence-corrected chi connectivity index (χ1v) is 5.32. The molecule has 1 amide bonds. The number of anilines is 1. The van der Waals surface area contributed by atoms with Crippen LogP contribution in [0.4, 0.5) is 5.69 Å². The Morgan fingerprint density at radius 3 is 2.47 bits per heavy atom. The number of nitrogen functional groups attached to an aromatic ring is 1. The number of hydrogen-bond donors (Lipinski definition) is 1. The molecule has 3 nitrogen and oxygen atoms in total. The van der Waals surface area contributed by atoms with Crippen molar-refractivity contribution >= 4 is 23.2 Å². The lowest BCUT2D eigenvalue weighted by atomic mass is 10.1. The zero-order valence-corrected chi connectivity index (χ0v) is 9.71. The summed E-state index contributed by atoms with van der Waals surface area (Å²) in [6.45, 7) is 5.27. The van der Waals surface area contributed by atoms with Crippen LogP contribution in [0.1, 0.15) is 24.2 Å². The van der Waals surface area contributed by atoms with Crippen LogP contribution in [-0.4, -0.2) is 23.9 Å². The van der Waals surface area contributed by atoms with E-state index in [1.807, 2.05) is 13.8 Å². The fraction of sp³-hybridized carbons (Fsp3) is 0.364. The standard InChI is InChI=1S/C11H15ClN2O/c1-3-14(4-2)11(15)8-5-6-9(12)10(13)7-8/h5-7H,3-4,13H2,1-2H3. The minimum atomic E-state index is -0.0108. The Bertz CT molecular complexity index is 362. The molecule has 0 spiro atoms. The van der Waals surface area contributed by atoms with Gasteiger partial charge in [0.25, 0.3) is 5.91 Å². The van der Waals surface area contributed by atoms with Gasteiger partial charge in [0, 0.05) is 18.7 Å². The molecule has 0 aliphatic carbocycles. The van der Waals surface area contributed by atoms with Gasteiger partial charge in [0.2, 0.25) is 0 Å². The van der Waals surface area contributed by atoms with E-state index in [9.17, 15) is 4.79 Å². The molecule has 0 aromatic heterocycles. The van der Waals surface area contributed by atoms with Gasteiger partial charge >= 0.3 is 0 Å². The zero-order chi connectivity index (χ0) is 11.4. The van der Waals surface area contributed by atoms with Gasteiger partial charge in [-0.3, -0.25) is 4.79 Å². The van der Waals surface area contributed by atoms with E-state index in [4.69, 9.17) is 17.3 Å². The highest BCUT2D eigenvalue weighted by Crippen LogP contribution is 2.20. The Hall–Kier alpha value is -1.22. The number of benzene rings is 1. The van der Waals surface area contributed by atoms with Crippen molar-refractivity contribution in [3.63, 3.8) is 0 Å². The highest BCUT2D eigenvalue weighted by molar-refractivity contribution is 6.33. The zero-order valence-electron chi connectivity index (χ0n) is 8.96. The van der Waals surface area contributed by atoms with Gasteiger partial charge < -0.3 is 10.6 Å². The summed E-state index contributed by atoms with van der Waals surface area (Å²) < 4.78 is 0. The second kappa shape index (κ2) is 5.03. The van der Waals surface area contributed by atoms with E-state index in [1.165, 1.54) is 0 Å². The van der Waals surface area contributed by atoms with Crippen molar-refractivity contribution in [1.82, 2.24) is 4.90 Å². The van der Waals surface area contributed by atoms with Crippen LogP contribution in [-0.2, 0) is 0 Å². The molecule has 0 unspecified atom stereocenters. The summed E-state index contributed by atoms with van der Waals surface area (Å²) in [6.07, 6.45) is 0. The maximum Gasteiger partial charge on any atom is 0.253 e. The van der Waals surface area contributed by atoms with Crippen molar-refractivity contribution in [2.75, 3.05) is 18.8 Å². The van der Waals surface area contributed by atoms with Gasteiger partial charge in [0.1, 0.15) is 0 Å². The highest BCUT2D eigenvalue weighted by atomic mass is 35.5. The van der Waals surface area contributed by atoms with E-state index in [2.05, 4.69) is 0 Å². The van der Waals surface area contributed by atoms with Gasteiger partial charge in [-0.2, -0.15) is 0 Å². The fourth-order valence-corrected chi connectivity index (χ4v) is 1.49. The summed E-state index contributed by atoms with van der Waals surface area (Å²) in [6, 6.07) is 4.95. The van der Waals surface area contributed by atoms with Crippen LogP contribution in [0.15, 0.2) is 18.2 Å². The highest BCUT2D eigenvalue weighted by Gasteiger charge is 2.12. The fourth-order valence-electron chi connectivity index (χ4n) is 1.37. The molecule has 0 radical (unpaired) electrons. The van der Waals surface area contributed by atoms with Crippen molar-refractivity contribution in [2.45, 2.75) is 13.8 Å². The van der Waals surface area contributed by atoms with E-state index in [-0.39, 0.29) is 5.91 Å². The number of carbonyl (C=O) groups excluding carboxylic acids is 1. The average Bonchev–Trinajstić information content (AvgIpc) is 2.23. The first kappa shape index (κ1) is 11.9. The molecule has 82 valence electrons. The lowest BCUT2D eigenvalue weighted by Crippen LogP contribution is -2.30. The molecular formula is C11H15ClN2O. The number of hydrogen-bond acceptors (Lipinski definition) is 2. The van der Waals surface area contributed by atoms with Crippen LogP contribution in [0.3, 0.4) is 0 Å². The van der Waals surface area contributed by atoms with Crippen molar-refractivity contribution in [3.05, 3.63) is 28.8 Å². The quantitative estimate of drug-likeness (QED) is 0.805. The monoisotopic (exact) mass is 226 g/mol. The van der Waals surface area contributed by atoms with Gasteiger partial charge in [-0.1, -0.05) is 11.6 Å². The predicted molar refractivity (Wildman–Crippen MR) is 63.1 cm³/mol. The van der Waals surface area contributed by atoms with Crippen LogP contribution in [0.25, 0.3) is 0 Å².